The molecule has 1 nitrogen and oxygen atoms in total. The summed E-state index contributed by atoms with van der Waals surface area (Å²) < 4.78 is 27.4. The Labute approximate surface area is 115 Å². The molecule has 1 atom stereocenters. The van der Waals surface area contributed by atoms with Crippen LogP contribution < -0.4 is 0 Å². The van der Waals surface area contributed by atoms with E-state index in [-0.39, 0.29) is 9.72 Å². The molecule has 6 heteroatoms. The molecule has 1 fully saturated rings. The number of carbonyl (C=O) groups is 1. The van der Waals surface area contributed by atoms with Crippen LogP contribution in [0.3, 0.4) is 0 Å². The van der Waals surface area contributed by atoms with Crippen molar-refractivity contribution >= 4 is 45.2 Å². The van der Waals surface area contributed by atoms with Crippen molar-refractivity contribution in [2.24, 2.45) is 0 Å². The van der Waals surface area contributed by atoms with Crippen LogP contribution in [-0.4, -0.2) is 28.3 Å². The fourth-order valence-corrected chi connectivity index (χ4v) is 4.50. The molecule has 1 aliphatic rings. The fourth-order valence-electron chi connectivity index (χ4n) is 1.55. The monoisotopic (exact) mass is 338 g/mol. The van der Waals surface area contributed by atoms with Gasteiger partial charge in [-0.25, -0.2) is 8.78 Å². The third-order valence-electron chi connectivity index (χ3n) is 2.40. The highest BCUT2D eigenvalue weighted by molar-refractivity contribution is 9.10. The number of Topliss-reactive ketones (excluding diaryl/α,β-unsaturated/α-hetero) is 1. The van der Waals surface area contributed by atoms with Crippen molar-refractivity contribution < 1.29 is 13.6 Å². The summed E-state index contributed by atoms with van der Waals surface area (Å²) in [6.45, 7) is 0. The summed E-state index contributed by atoms with van der Waals surface area (Å²) in [5, 5.41) is -0.341. The summed E-state index contributed by atoms with van der Waals surface area (Å²) in [6, 6.07) is 2.38. The molecule has 1 unspecified atom stereocenters. The summed E-state index contributed by atoms with van der Waals surface area (Å²) in [6.07, 6.45) is 0. The van der Waals surface area contributed by atoms with Gasteiger partial charge in [-0.1, -0.05) is 0 Å². The third-order valence-corrected chi connectivity index (χ3v) is 5.77. The van der Waals surface area contributed by atoms with Crippen molar-refractivity contribution in [3.05, 3.63) is 33.8 Å². The Balaban J connectivity index is 2.32. The summed E-state index contributed by atoms with van der Waals surface area (Å²) in [7, 11) is 0. The number of thioether (sulfide) groups is 2. The van der Waals surface area contributed by atoms with Crippen LogP contribution in [0.15, 0.2) is 16.6 Å². The number of halogens is 3. The van der Waals surface area contributed by atoms with Crippen molar-refractivity contribution in [3.63, 3.8) is 0 Å². The topological polar surface area (TPSA) is 17.1 Å². The predicted octanol–water partition coefficient (Wildman–Crippen LogP) is 3.76. The van der Waals surface area contributed by atoms with Crippen LogP contribution in [0, 0.1) is 11.6 Å². The first-order chi connectivity index (χ1) is 8.11. The summed E-state index contributed by atoms with van der Waals surface area (Å²) >= 11 is 6.08. The van der Waals surface area contributed by atoms with Gasteiger partial charge in [-0.3, -0.25) is 4.79 Å². The van der Waals surface area contributed by atoms with Gasteiger partial charge in [0, 0.05) is 17.3 Å². The number of hydrogen-bond acceptors (Lipinski definition) is 3. The lowest BCUT2D eigenvalue weighted by molar-refractivity contribution is 0.0987. The molecule has 0 amide bonds. The van der Waals surface area contributed by atoms with Gasteiger partial charge < -0.3 is 0 Å². The first-order valence-corrected chi connectivity index (χ1v) is 7.98. The number of carbonyl (C=O) groups excluding carboxylic acids is 1. The average Bonchev–Trinajstić information content (AvgIpc) is 2.35. The smallest absolute Gasteiger partial charge is 0.182 e. The molecule has 0 saturated carbocycles. The minimum Gasteiger partial charge on any atom is -0.293 e. The minimum absolute atomic E-state index is 0.121. The van der Waals surface area contributed by atoms with Crippen LogP contribution in [0.5, 0.6) is 0 Å². The zero-order valence-electron chi connectivity index (χ0n) is 8.71. The van der Waals surface area contributed by atoms with Gasteiger partial charge in [0.1, 0.15) is 5.82 Å². The van der Waals surface area contributed by atoms with Gasteiger partial charge in [0.2, 0.25) is 0 Å². The van der Waals surface area contributed by atoms with Crippen molar-refractivity contribution in [1.82, 2.24) is 0 Å². The van der Waals surface area contributed by atoms with E-state index in [1.54, 1.807) is 11.8 Å². The molecule has 1 aromatic rings. The Hall–Kier alpha value is -0.0700. The second-order valence-electron chi connectivity index (χ2n) is 3.52. The molecular weight excluding hydrogens is 330 g/mol. The highest BCUT2D eigenvalue weighted by atomic mass is 79.9. The molecule has 0 aliphatic carbocycles. The van der Waals surface area contributed by atoms with E-state index in [9.17, 15) is 13.6 Å². The van der Waals surface area contributed by atoms with Crippen molar-refractivity contribution in [3.8, 4) is 0 Å². The molecular formula is C11H9BrF2OS2. The highest BCUT2D eigenvalue weighted by Gasteiger charge is 2.28. The molecule has 0 N–H and O–H groups in total. The van der Waals surface area contributed by atoms with Gasteiger partial charge in [0.05, 0.1) is 15.3 Å². The Morgan fingerprint density at radius 3 is 2.76 bits per heavy atom. The van der Waals surface area contributed by atoms with Gasteiger partial charge in [-0.2, -0.15) is 11.8 Å². The number of benzene rings is 1. The lowest BCUT2D eigenvalue weighted by Gasteiger charge is -2.20. The maximum Gasteiger partial charge on any atom is 0.182 e. The van der Waals surface area contributed by atoms with Crippen LogP contribution in [-0.2, 0) is 0 Å². The van der Waals surface area contributed by atoms with E-state index < -0.39 is 23.0 Å². The summed E-state index contributed by atoms with van der Waals surface area (Å²) in [4.78, 5) is 12.1. The van der Waals surface area contributed by atoms with Gasteiger partial charge >= 0.3 is 0 Å². The zero-order valence-corrected chi connectivity index (χ0v) is 11.9. The molecule has 1 heterocycles. The maximum absolute atomic E-state index is 13.7. The van der Waals surface area contributed by atoms with Crippen LogP contribution in [0.25, 0.3) is 0 Å². The van der Waals surface area contributed by atoms with Crippen LogP contribution >= 0.6 is 39.5 Å². The molecule has 0 radical (unpaired) electrons. The van der Waals surface area contributed by atoms with E-state index in [0.717, 1.165) is 17.6 Å². The normalized spacial score (nSPS) is 20.3. The molecule has 1 saturated heterocycles. The summed E-state index contributed by atoms with van der Waals surface area (Å²) in [5.41, 5.74) is -0.417. The first-order valence-electron chi connectivity index (χ1n) is 4.98. The molecule has 0 aromatic heterocycles. The average molecular weight is 339 g/mol. The standard InChI is InChI=1S/C11H9BrF2OS2/c12-6-1-2-7(13)9(10(6)14)11(15)8-5-16-3-4-17-8/h1-2,8H,3-5H2. The van der Waals surface area contributed by atoms with E-state index >= 15 is 0 Å². The van der Waals surface area contributed by atoms with Crippen molar-refractivity contribution in [1.29, 1.82) is 0 Å². The van der Waals surface area contributed by atoms with Crippen LogP contribution in [0.4, 0.5) is 8.78 Å². The van der Waals surface area contributed by atoms with E-state index in [0.29, 0.717) is 5.75 Å². The molecule has 17 heavy (non-hydrogen) atoms. The quantitative estimate of drug-likeness (QED) is 0.603. The van der Waals surface area contributed by atoms with E-state index in [1.165, 1.54) is 17.8 Å². The second-order valence-corrected chi connectivity index (χ2v) is 6.83. The van der Waals surface area contributed by atoms with Crippen LogP contribution in [0.2, 0.25) is 0 Å². The Kier molecular flexibility index (Phi) is 4.49. The Bertz CT molecular complexity index is 447. The Morgan fingerprint density at radius 2 is 2.12 bits per heavy atom. The third kappa shape index (κ3) is 2.85. The van der Waals surface area contributed by atoms with E-state index in [2.05, 4.69) is 15.9 Å². The number of rotatable bonds is 2. The lowest BCUT2D eigenvalue weighted by atomic mass is 10.1. The number of ketones is 1. The van der Waals surface area contributed by atoms with Crippen molar-refractivity contribution in [2.45, 2.75) is 5.25 Å². The second kappa shape index (κ2) is 5.71. The lowest BCUT2D eigenvalue weighted by Crippen LogP contribution is -2.26. The summed E-state index contributed by atoms with van der Waals surface area (Å²) in [5.74, 6) is 0.419. The first kappa shape index (κ1) is 13.4. The highest BCUT2D eigenvalue weighted by Crippen LogP contribution is 2.30. The van der Waals surface area contributed by atoms with Gasteiger partial charge in [0.25, 0.3) is 0 Å². The SMILES string of the molecule is O=C(c1c(F)ccc(Br)c1F)C1CSCCS1. The van der Waals surface area contributed by atoms with E-state index in [1.807, 2.05) is 0 Å². The molecule has 92 valence electrons. The largest absolute Gasteiger partial charge is 0.293 e. The van der Waals surface area contributed by atoms with Gasteiger partial charge in [0.15, 0.2) is 11.6 Å². The zero-order chi connectivity index (χ0) is 12.4. The van der Waals surface area contributed by atoms with E-state index in [4.69, 9.17) is 0 Å². The molecule has 1 aromatic carbocycles. The Morgan fingerprint density at radius 1 is 1.35 bits per heavy atom. The maximum atomic E-state index is 13.7. The van der Waals surface area contributed by atoms with Gasteiger partial charge in [-0.05, 0) is 28.1 Å². The molecule has 2 rings (SSSR count). The van der Waals surface area contributed by atoms with Crippen molar-refractivity contribution in [2.75, 3.05) is 17.3 Å². The fraction of sp³-hybridized carbons (Fsp3) is 0.364. The molecule has 0 bridgehead atoms. The minimum atomic E-state index is -0.800. The van der Waals surface area contributed by atoms with Gasteiger partial charge in [-0.15, -0.1) is 11.8 Å². The predicted molar refractivity (Wildman–Crippen MR) is 72.0 cm³/mol. The number of hydrogen-bond donors (Lipinski definition) is 0. The molecule has 0 spiro atoms. The van der Waals surface area contributed by atoms with Crippen LogP contribution in [0.1, 0.15) is 10.4 Å². The molecule has 1 aliphatic heterocycles.